The molecule has 1 unspecified atom stereocenters. The van der Waals surface area contributed by atoms with E-state index in [-0.39, 0.29) is 6.04 Å². The fourth-order valence-corrected chi connectivity index (χ4v) is 2.74. The van der Waals surface area contributed by atoms with Gasteiger partial charge >= 0.3 is 0 Å². The van der Waals surface area contributed by atoms with E-state index in [1.165, 1.54) is 14.7 Å². The van der Waals surface area contributed by atoms with Gasteiger partial charge in [0.2, 0.25) is 0 Å². The summed E-state index contributed by atoms with van der Waals surface area (Å²) in [6.45, 7) is 7.15. The van der Waals surface area contributed by atoms with Gasteiger partial charge in [-0.2, -0.15) is 0 Å². The van der Waals surface area contributed by atoms with Crippen LogP contribution in [0.4, 0.5) is 0 Å². The number of rotatable bonds is 4. The fraction of sp³-hybridized carbons (Fsp3) is 0.333. The zero-order valence-electron chi connectivity index (χ0n) is 11.0. The Morgan fingerprint density at radius 1 is 1.22 bits per heavy atom. The number of hydrogen-bond acceptors (Lipinski definition) is 2. The van der Waals surface area contributed by atoms with Gasteiger partial charge < -0.3 is 9.73 Å². The van der Waals surface area contributed by atoms with Crippen molar-refractivity contribution in [1.29, 1.82) is 0 Å². The largest absolute Gasteiger partial charge is 0.464 e. The smallest absolute Gasteiger partial charge is 0.125 e. The van der Waals surface area contributed by atoms with Crippen LogP contribution in [0, 0.1) is 17.4 Å². The zero-order valence-corrected chi connectivity index (χ0v) is 13.1. The zero-order chi connectivity index (χ0) is 13.1. The van der Waals surface area contributed by atoms with Crippen LogP contribution < -0.4 is 5.32 Å². The molecule has 0 bridgehead atoms. The van der Waals surface area contributed by atoms with Crippen molar-refractivity contribution in [3.8, 4) is 0 Å². The summed E-state index contributed by atoms with van der Waals surface area (Å²) in [5.74, 6) is 1.94. The lowest BCUT2D eigenvalue weighted by Crippen LogP contribution is -2.22. The van der Waals surface area contributed by atoms with E-state index in [1.807, 2.05) is 13.0 Å². The van der Waals surface area contributed by atoms with Crippen molar-refractivity contribution >= 4 is 22.6 Å². The number of halogens is 1. The second-order valence-corrected chi connectivity index (χ2v) is 5.50. The highest BCUT2D eigenvalue weighted by molar-refractivity contribution is 14.1. The van der Waals surface area contributed by atoms with Gasteiger partial charge in [0.1, 0.15) is 11.5 Å². The summed E-state index contributed by atoms with van der Waals surface area (Å²) in [7, 11) is 0. The predicted octanol–water partition coefficient (Wildman–Crippen LogP) is 4.20. The highest BCUT2D eigenvalue weighted by atomic mass is 127. The van der Waals surface area contributed by atoms with Gasteiger partial charge in [-0.1, -0.05) is 25.1 Å². The molecule has 0 radical (unpaired) electrons. The molecule has 1 aromatic heterocycles. The van der Waals surface area contributed by atoms with Crippen LogP contribution in [0.1, 0.15) is 35.6 Å². The molecule has 0 aliphatic rings. The maximum Gasteiger partial charge on any atom is 0.125 e. The molecule has 0 aliphatic heterocycles. The number of furan rings is 1. The van der Waals surface area contributed by atoms with Crippen molar-refractivity contribution < 1.29 is 4.42 Å². The fourth-order valence-electron chi connectivity index (χ4n) is 2.07. The minimum Gasteiger partial charge on any atom is -0.464 e. The highest BCUT2D eigenvalue weighted by Crippen LogP contribution is 2.29. The highest BCUT2D eigenvalue weighted by Gasteiger charge is 2.19. The number of benzene rings is 1. The van der Waals surface area contributed by atoms with E-state index in [1.54, 1.807) is 0 Å². The molecule has 1 atom stereocenters. The molecule has 0 amide bonds. The molecule has 2 nitrogen and oxygen atoms in total. The van der Waals surface area contributed by atoms with Gasteiger partial charge in [0.25, 0.3) is 0 Å². The molecule has 0 spiro atoms. The van der Waals surface area contributed by atoms with Crippen LogP contribution in [0.15, 0.2) is 34.7 Å². The maximum absolute atomic E-state index is 5.78. The van der Waals surface area contributed by atoms with Crippen LogP contribution in [-0.4, -0.2) is 6.54 Å². The number of nitrogens with one attached hydrogen (secondary N) is 1. The molecular weight excluding hydrogens is 337 g/mol. The molecule has 3 heteroatoms. The Hall–Kier alpha value is -0.810. The van der Waals surface area contributed by atoms with E-state index >= 15 is 0 Å². The first kappa shape index (κ1) is 13.6. The third-order valence-electron chi connectivity index (χ3n) is 2.99. The SMILES string of the molecule is CCNC(c1ccc(C)o1)c1cccc(C)c1I. The van der Waals surface area contributed by atoms with Crippen LogP contribution in [0.5, 0.6) is 0 Å². The molecule has 0 fully saturated rings. The molecule has 0 saturated carbocycles. The van der Waals surface area contributed by atoms with E-state index in [0.717, 1.165) is 18.1 Å². The van der Waals surface area contributed by atoms with Crippen LogP contribution in [0.25, 0.3) is 0 Å². The van der Waals surface area contributed by atoms with Crippen LogP contribution in [0.2, 0.25) is 0 Å². The van der Waals surface area contributed by atoms with Crippen LogP contribution in [-0.2, 0) is 0 Å². The van der Waals surface area contributed by atoms with Crippen molar-refractivity contribution in [3.63, 3.8) is 0 Å². The first-order valence-corrected chi connectivity index (χ1v) is 7.26. The van der Waals surface area contributed by atoms with Gasteiger partial charge in [-0.25, -0.2) is 0 Å². The third-order valence-corrected chi connectivity index (χ3v) is 4.46. The lowest BCUT2D eigenvalue weighted by atomic mass is 10.0. The average Bonchev–Trinajstić information content (AvgIpc) is 2.77. The average molecular weight is 355 g/mol. The van der Waals surface area contributed by atoms with Crippen LogP contribution in [0.3, 0.4) is 0 Å². The van der Waals surface area contributed by atoms with Crippen molar-refractivity contribution in [2.45, 2.75) is 26.8 Å². The lowest BCUT2D eigenvalue weighted by Gasteiger charge is -2.18. The second-order valence-electron chi connectivity index (χ2n) is 4.42. The summed E-state index contributed by atoms with van der Waals surface area (Å²) in [5.41, 5.74) is 2.59. The molecule has 18 heavy (non-hydrogen) atoms. The Balaban J connectivity index is 2.44. The summed E-state index contributed by atoms with van der Waals surface area (Å²) in [6, 6.07) is 10.6. The Labute approximate surface area is 122 Å². The van der Waals surface area contributed by atoms with E-state index in [9.17, 15) is 0 Å². The molecule has 1 aromatic carbocycles. The molecule has 96 valence electrons. The van der Waals surface area contributed by atoms with E-state index in [2.05, 4.69) is 66.0 Å². The Morgan fingerprint density at radius 3 is 2.61 bits per heavy atom. The monoisotopic (exact) mass is 355 g/mol. The predicted molar refractivity (Wildman–Crippen MR) is 82.9 cm³/mol. The summed E-state index contributed by atoms with van der Waals surface area (Å²) < 4.78 is 7.08. The van der Waals surface area contributed by atoms with Gasteiger partial charge in [-0.3, -0.25) is 0 Å². The topological polar surface area (TPSA) is 25.2 Å². The number of aryl methyl sites for hydroxylation is 2. The van der Waals surface area contributed by atoms with Gasteiger partial charge in [-0.15, -0.1) is 0 Å². The molecule has 1 N–H and O–H groups in total. The first-order chi connectivity index (χ1) is 8.63. The number of hydrogen-bond donors (Lipinski definition) is 1. The van der Waals surface area contributed by atoms with Crippen molar-refractivity contribution in [2.75, 3.05) is 6.54 Å². The summed E-state index contributed by atoms with van der Waals surface area (Å²) >= 11 is 2.41. The third kappa shape index (κ3) is 2.78. The second kappa shape index (κ2) is 5.89. The maximum atomic E-state index is 5.78. The van der Waals surface area contributed by atoms with E-state index in [0.29, 0.717) is 0 Å². The van der Waals surface area contributed by atoms with E-state index in [4.69, 9.17) is 4.42 Å². The normalized spacial score (nSPS) is 12.7. The Morgan fingerprint density at radius 2 is 2.00 bits per heavy atom. The molecule has 2 aromatic rings. The summed E-state index contributed by atoms with van der Waals surface area (Å²) in [5, 5.41) is 3.50. The van der Waals surface area contributed by atoms with Crippen molar-refractivity contribution in [1.82, 2.24) is 5.32 Å². The Kier molecular flexibility index (Phi) is 4.45. The lowest BCUT2D eigenvalue weighted by molar-refractivity contribution is 0.434. The molecule has 0 aliphatic carbocycles. The minimum absolute atomic E-state index is 0.135. The minimum atomic E-state index is 0.135. The van der Waals surface area contributed by atoms with Crippen molar-refractivity contribution in [3.05, 3.63) is 56.5 Å². The molecule has 1 heterocycles. The molecule has 0 saturated heterocycles. The standard InChI is InChI=1S/C15H18INO/c1-4-17-15(13-9-8-11(3)18-13)12-7-5-6-10(2)14(12)16/h5-9,15,17H,4H2,1-3H3. The first-order valence-electron chi connectivity index (χ1n) is 6.18. The summed E-state index contributed by atoms with van der Waals surface area (Å²) in [6.07, 6.45) is 0. The summed E-state index contributed by atoms with van der Waals surface area (Å²) in [4.78, 5) is 0. The van der Waals surface area contributed by atoms with Crippen molar-refractivity contribution in [2.24, 2.45) is 0 Å². The van der Waals surface area contributed by atoms with Gasteiger partial charge in [0, 0.05) is 3.57 Å². The van der Waals surface area contributed by atoms with Crippen LogP contribution >= 0.6 is 22.6 Å². The quantitative estimate of drug-likeness (QED) is 0.832. The molecule has 2 rings (SSSR count). The Bertz CT molecular complexity index is 533. The van der Waals surface area contributed by atoms with Gasteiger partial charge in [0.15, 0.2) is 0 Å². The van der Waals surface area contributed by atoms with Gasteiger partial charge in [0.05, 0.1) is 6.04 Å². The van der Waals surface area contributed by atoms with E-state index < -0.39 is 0 Å². The molecular formula is C15H18INO. The van der Waals surface area contributed by atoms with Gasteiger partial charge in [-0.05, 0) is 66.2 Å².